The van der Waals surface area contributed by atoms with Gasteiger partial charge in [-0.05, 0) is 48.6 Å². The molecule has 30 heavy (non-hydrogen) atoms. The van der Waals surface area contributed by atoms with Crippen LogP contribution in [0.5, 0.6) is 0 Å². The highest BCUT2D eigenvalue weighted by Gasteiger charge is 2.20. The van der Waals surface area contributed by atoms with Crippen LogP contribution in [-0.4, -0.2) is 10.8 Å². The second kappa shape index (κ2) is 8.58. The molecule has 0 saturated carbocycles. The molecule has 0 atom stereocenters. The van der Waals surface area contributed by atoms with E-state index in [0.717, 1.165) is 38.8 Å². The fourth-order valence-corrected chi connectivity index (χ4v) is 4.03. The molecule has 0 fully saturated rings. The zero-order valence-corrected chi connectivity index (χ0v) is 17.8. The maximum absolute atomic E-state index is 13.4. The Morgan fingerprint density at radius 3 is 1.97 bits per heavy atom. The molecule has 0 aliphatic rings. The number of fused-ring (bicyclic) bond motifs is 1. The van der Waals surface area contributed by atoms with Gasteiger partial charge in [0.1, 0.15) is 5.58 Å². The fraction of sp³-hybridized carbons (Fsp3) is 0.222. The average Bonchev–Trinajstić information content (AvgIpc) is 3.17. The van der Waals surface area contributed by atoms with Crippen LogP contribution in [0, 0.1) is 20.8 Å². The van der Waals surface area contributed by atoms with Gasteiger partial charge in [0.25, 0.3) is 0 Å². The van der Waals surface area contributed by atoms with Crippen molar-refractivity contribution >= 4 is 16.9 Å². The van der Waals surface area contributed by atoms with Gasteiger partial charge < -0.3 is 9.32 Å². The largest absolute Gasteiger partial charge is 0.464 e. The molecule has 0 unspecified atom stereocenters. The van der Waals surface area contributed by atoms with Gasteiger partial charge in [-0.3, -0.25) is 4.79 Å². The standard InChI is InChI=1S/C27H27NO2/c1-19-14-20(2)26-24(18-30-27(26)21(19)3)15-25(29)28(16-22-10-6-4-7-11-22)17-23-12-8-5-9-13-23/h4-14,18H,15-17H2,1-3H3. The number of hydrogen-bond donors (Lipinski definition) is 0. The normalized spacial score (nSPS) is 11.0. The monoisotopic (exact) mass is 397 g/mol. The molecule has 0 saturated heterocycles. The molecule has 1 amide bonds. The van der Waals surface area contributed by atoms with Crippen molar-refractivity contribution in [3.63, 3.8) is 0 Å². The van der Waals surface area contributed by atoms with E-state index < -0.39 is 0 Å². The Morgan fingerprint density at radius 1 is 0.833 bits per heavy atom. The molecule has 3 aromatic carbocycles. The van der Waals surface area contributed by atoms with E-state index in [4.69, 9.17) is 4.42 Å². The van der Waals surface area contributed by atoms with Crippen molar-refractivity contribution in [2.45, 2.75) is 40.3 Å². The van der Waals surface area contributed by atoms with Crippen molar-refractivity contribution < 1.29 is 9.21 Å². The lowest BCUT2D eigenvalue weighted by Crippen LogP contribution is -2.31. The van der Waals surface area contributed by atoms with Crippen molar-refractivity contribution in [1.82, 2.24) is 4.90 Å². The van der Waals surface area contributed by atoms with E-state index in [0.29, 0.717) is 19.5 Å². The smallest absolute Gasteiger partial charge is 0.227 e. The molecule has 0 N–H and O–H groups in total. The predicted octanol–water partition coefficient (Wildman–Crippen LogP) is 6.13. The number of amides is 1. The van der Waals surface area contributed by atoms with Gasteiger partial charge in [-0.25, -0.2) is 0 Å². The molecule has 1 aromatic heterocycles. The lowest BCUT2D eigenvalue weighted by Gasteiger charge is -2.23. The Kier molecular flexibility index (Phi) is 5.71. The molecule has 4 rings (SSSR count). The maximum Gasteiger partial charge on any atom is 0.227 e. The Morgan fingerprint density at radius 2 is 1.40 bits per heavy atom. The Labute approximate surface area is 177 Å². The second-order valence-electron chi connectivity index (χ2n) is 8.00. The number of aryl methyl sites for hydroxylation is 3. The molecule has 0 radical (unpaired) electrons. The van der Waals surface area contributed by atoms with Crippen LogP contribution in [0.4, 0.5) is 0 Å². The first-order valence-electron chi connectivity index (χ1n) is 10.4. The molecule has 0 bridgehead atoms. The van der Waals surface area contributed by atoms with E-state index in [1.54, 1.807) is 6.26 Å². The molecule has 1 heterocycles. The topological polar surface area (TPSA) is 33.5 Å². The SMILES string of the molecule is Cc1cc(C)c2c(CC(=O)N(Cc3ccccc3)Cc3ccccc3)coc2c1C. The van der Waals surface area contributed by atoms with E-state index in [2.05, 4.69) is 51.1 Å². The molecule has 0 aliphatic carbocycles. The highest BCUT2D eigenvalue weighted by molar-refractivity contribution is 5.92. The average molecular weight is 398 g/mol. The van der Waals surface area contributed by atoms with Crippen molar-refractivity contribution in [2.75, 3.05) is 0 Å². The first kappa shape index (κ1) is 20.0. The Bertz CT molecular complexity index is 1120. The van der Waals surface area contributed by atoms with Gasteiger partial charge in [0.2, 0.25) is 5.91 Å². The number of hydrogen-bond acceptors (Lipinski definition) is 2. The number of carbonyl (C=O) groups excluding carboxylic acids is 1. The van der Waals surface area contributed by atoms with Crippen molar-refractivity contribution in [1.29, 1.82) is 0 Å². The van der Waals surface area contributed by atoms with Crippen LogP contribution in [-0.2, 0) is 24.3 Å². The summed E-state index contributed by atoms with van der Waals surface area (Å²) >= 11 is 0. The minimum absolute atomic E-state index is 0.100. The molecule has 152 valence electrons. The van der Waals surface area contributed by atoms with Crippen molar-refractivity contribution in [3.8, 4) is 0 Å². The second-order valence-corrected chi connectivity index (χ2v) is 8.00. The highest BCUT2D eigenvalue weighted by atomic mass is 16.3. The van der Waals surface area contributed by atoms with E-state index in [-0.39, 0.29) is 5.91 Å². The minimum atomic E-state index is 0.100. The van der Waals surface area contributed by atoms with Crippen LogP contribution in [0.25, 0.3) is 11.0 Å². The summed E-state index contributed by atoms with van der Waals surface area (Å²) in [7, 11) is 0. The first-order chi connectivity index (χ1) is 14.5. The molecule has 4 aromatic rings. The fourth-order valence-electron chi connectivity index (χ4n) is 4.03. The lowest BCUT2D eigenvalue weighted by molar-refractivity contribution is -0.131. The third-order valence-electron chi connectivity index (χ3n) is 5.75. The summed E-state index contributed by atoms with van der Waals surface area (Å²) in [6, 6.07) is 22.5. The Hall–Kier alpha value is -3.33. The molecular formula is C27H27NO2. The molecule has 0 aliphatic heterocycles. The van der Waals surface area contributed by atoms with Gasteiger partial charge in [-0.2, -0.15) is 0 Å². The van der Waals surface area contributed by atoms with Gasteiger partial charge in [0.15, 0.2) is 0 Å². The third-order valence-corrected chi connectivity index (χ3v) is 5.75. The van der Waals surface area contributed by atoms with E-state index >= 15 is 0 Å². The molecule has 3 heteroatoms. The summed E-state index contributed by atoms with van der Waals surface area (Å²) in [5, 5.41) is 1.07. The summed E-state index contributed by atoms with van der Waals surface area (Å²) in [4.78, 5) is 15.3. The Balaban J connectivity index is 1.63. The van der Waals surface area contributed by atoms with Gasteiger partial charge in [0, 0.05) is 24.0 Å². The zero-order chi connectivity index (χ0) is 21.1. The lowest BCUT2D eigenvalue weighted by atomic mass is 9.98. The number of furan rings is 1. The summed E-state index contributed by atoms with van der Waals surface area (Å²) in [5.74, 6) is 0.100. The zero-order valence-electron chi connectivity index (χ0n) is 17.8. The predicted molar refractivity (Wildman–Crippen MR) is 121 cm³/mol. The van der Waals surface area contributed by atoms with Gasteiger partial charge in [-0.1, -0.05) is 66.7 Å². The van der Waals surface area contributed by atoms with E-state index in [1.165, 1.54) is 5.56 Å². The van der Waals surface area contributed by atoms with Crippen LogP contribution < -0.4 is 0 Å². The van der Waals surface area contributed by atoms with Crippen LogP contribution in [0.1, 0.15) is 33.4 Å². The first-order valence-corrected chi connectivity index (χ1v) is 10.4. The molecule has 0 spiro atoms. The van der Waals surface area contributed by atoms with Gasteiger partial charge in [0.05, 0.1) is 12.7 Å². The molecule has 3 nitrogen and oxygen atoms in total. The van der Waals surface area contributed by atoms with Crippen molar-refractivity contribution in [2.24, 2.45) is 0 Å². The van der Waals surface area contributed by atoms with Crippen LogP contribution >= 0.6 is 0 Å². The quantitative estimate of drug-likeness (QED) is 0.392. The van der Waals surface area contributed by atoms with Gasteiger partial charge in [-0.15, -0.1) is 0 Å². The highest BCUT2D eigenvalue weighted by Crippen LogP contribution is 2.30. The van der Waals surface area contributed by atoms with E-state index in [1.807, 2.05) is 41.3 Å². The van der Waals surface area contributed by atoms with E-state index in [9.17, 15) is 4.79 Å². The maximum atomic E-state index is 13.4. The summed E-state index contributed by atoms with van der Waals surface area (Å²) in [6.07, 6.45) is 2.08. The molecular weight excluding hydrogens is 370 g/mol. The van der Waals surface area contributed by atoms with Crippen LogP contribution in [0.2, 0.25) is 0 Å². The number of nitrogens with zero attached hydrogens (tertiary/aromatic N) is 1. The summed E-state index contributed by atoms with van der Waals surface area (Å²) in [5.41, 5.74) is 7.61. The third kappa shape index (κ3) is 4.16. The van der Waals surface area contributed by atoms with Crippen LogP contribution in [0.3, 0.4) is 0 Å². The minimum Gasteiger partial charge on any atom is -0.464 e. The summed E-state index contributed by atoms with van der Waals surface area (Å²) < 4.78 is 5.89. The van der Waals surface area contributed by atoms with Gasteiger partial charge >= 0.3 is 0 Å². The number of carbonyl (C=O) groups is 1. The summed E-state index contributed by atoms with van der Waals surface area (Å²) in [6.45, 7) is 7.42. The van der Waals surface area contributed by atoms with Crippen molar-refractivity contribution in [3.05, 3.63) is 106 Å². The number of benzene rings is 3. The number of rotatable bonds is 6. The van der Waals surface area contributed by atoms with Crippen LogP contribution in [0.15, 0.2) is 77.4 Å².